The van der Waals surface area contributed by atoms with Crippen LogP contribution in [0.4, 0.5) is 0 Å². The quantitative estimate of drug-likeness (QED) is 0.0848. The van der Waals surface area contributed by atoms with Crippen molar-refractivity contribution in [1.82, 2.24) is 0 Å². The molecule has 1 N–H and O–H groups in total. The van der Waals surface area contributed by atoms with E-state index in [1.54, 1.807) is 11.3 Å². The summed E-state index contributed by atoms with van der Waals surface area (Å²) in [5.41, 5.74) is 0. The zero-order chi connectivity index (χ0) is 26.0. The highest BCUT2D eigenvalue weighted by atomic mass is 32.1. The molecule has 0 spiro atoms. The van der Waals surface area contributed by atoms with Crippen LogP contribution in [0.2, 0.25) is 6.04 Å². The fourth-order valence-corrected chi connectivity index (χ4v) is 7.44. The minimum Gasteiger partial charge on any atom is -0.390 e. The molecule has 0 fully saturated rings. The third-order valence-corrected chi connectivity index (χ3v) is 10.4. The minimum absolute atomic E-state index is 0.649. The Morgan fingerprint density at radius 3 is 1.42 bits per heavy atom. The maximum Gasteiger partial charge on any atom is 0.498 e. The minimum atomic E-state index is -3.07. The van der Waals surface area contributed by atoms with E-state index in [2.05, 4.69) is 31.4 Å². The molecule has 3 nitrogen and oxygen atoms in total. The summed E-state index contributed by atoms with van der Waals surface area (Å²) in [5.74, 6) is 0. The lowest BCUT2D eigenvalue weighted by molar-refractivity contribution is 0.0930. The highest BCUT2D eigenvalue weighted by Gasteiger charge is 2.36. The van der Waals surface area contributed by atoms with Crippen LogP contribution in [0.5, 0.6) is 0 Å². The summed E-state index contributed by atoms with van der Waals surface area (Å²) in [5, 5.41) is 2.13. The van der Waals surface area contributed by atoms with Gasteiger partial charge in [-0.15, -0.1) is 11.3 Å². The number of rotatable bonds is 28. The Kier molecular flexibility index (Phi) is 23.6. The SMILES string of the molecule is CCCCCCCCCCCCO[Si](O)(CCCc1cccs1)OCCCCCCCCCCCC. The molecule has 0 radical (unpaired) electrons. The van der Waals surface area contributed by atoms with Gasteiger partial charge in [0.25, 0.3) is 0 Å². The van der Waals surface area contributed by atoms with Crippen LogP contribution in [-0.4, -0.2) is 26.8 Å². The summed E-state index contributed by atoms with van der Waals surface area (Å²) in [7, 11) is -3.07. The summed E-state index contributed by atoms with van der Waals surface area (Å²) in [6.07, 6.45) is 28.2. The van der Waals surface area contributed by atoms with E-state index in [-0.39, 0.29) is 0 Å². The third-order valence-electron chi connectivity index (χ3n) is 7.15. The van der Waals surface area contributed by atoms with Crippen LogP contribution in [0, 0.1) is 0 Å². The predicted octanol–water partition coefficient (Wildman–Crippen LogP) is 10.5. The number of hydrogen-bond donors (Lipinski definition) is 1. The molecule has 0 saturated heterocycles. The topological polar surface area (TPSA) is 38.7 Å². The van der Waals surface area contributed by atoms with E-state index in [4.69, 9.17) is 8.85 Å². The van der Waals surface area contributed by atoms with Crippen LogP contribution >= 0.6 is 11.3 Å². The molecule has 0 aliphatic carbocycles. The van der Waals surface area contributed by atoms with Gasteiger partial charge in [0.05, 0.1) is 0 Å². The lowest BCUT2D eigenvalue weighted by Crippen LogP contribution is -2.43. The van der Waals surface area contributed by atoms with Crippen molar-refractivity contribution in [1.29, 1.82) is 0 Å². The standard InChI is InChI=1S/C31H60O3SSi/c1-3-5-7-9-11-13-15-17-19-21-27-33-36(32,30-24-26-31-25-23-29-35-31)34-28-22-20-18-16-14-12-10-8-6-4-2/h23,25,29,32H,3-22,24,26-28,30H2,1-2H3. The second-order valence-electron chi connectivity index (χ2n) is 10.7. The molecule has 0 aromatic carbocycles. The van der Waals surface area contributed by atoms with E-state index in [0.717, 1.165) is 25.7 Å². The van der Waals surface area contributed by atoms with Gasteiger partial charge in [0.1, 0.15) is 0 Å². The van der Waals surface area contributed by atoms with Gasteiger partial charge in [-0.2, -0.15) is 0 Å². The first-order valence-electron chi connectivity index (χ1n) is 15.7. The molecule has 1 heterocycles. The normalized spacial score (nSPS) is 12.0. The third kappa shape index (κ3) is 20.8. The smallest absolute Gasteiger partial charge is 0.390 e. The monoisotopic (exact) mass is 540 g/mol. The molecule has 5 heteroatoms. The van der Waals surface area contributed by atoms with Gasteiger partial charge in [0, 0.05) is 24.1 Å². The van der Waals surface area contributed by atoms with E-state index in [9.17, 15) is 4.80 Å². The van der Waals surface area contributed by atoms with Crippen molar-refractivity contribution in [3.8, 4) is 0 Å². The molecule has 1 aromatic rings. The molecule has 212 valence electrons. The van der Waals surface area contributed by atoms with Gasteiger partial charge < -0.3 is 13.6 Å². The van der Waals surface area contributed by atoms with Crippen molar-refractivity contribution in [3.63, 3.8) is 0 Å². The Morgan fingerprint density at radius 2 is 1.03 bits per heavy atom. The molecule has 0 amide bonds. The maximum atomic E-state index is 11.2. The van der Waals surface area contributed by atoms with Crippen LogP contribution in [0.3, 0.4) is 0 Å². The molecule has 36 heavy (non-hydrogen) atoms. The highest BCUT2D eigenvalue weighted by molar-refractivity contribution is 7.09. The summed E-state index contributed by atoms with van der Waals surface area (Å²) in [4.78, 5) is 12.6. The van der Waals surface area contributed by atoms with Crippen LogP contribution < -0.4 is 0 Å². The lowest BCUT2D eigenvalue weighted by atomic mass is 10.1. The van der Waals surface area contributed by atoms with Crippen LogP contribution in [-0.2, 0) is 15.3 Å². The molecule has 0 atom stereocenters. The zero-order valence-corrected chi connectivity index (χ0v) is 25.9. The summed E-state index contributed by atoms with van der Waals surface area (Å²) in [6, 6.07) is 4.97. The average molecular weight is 541 g/mol. The molecule has 0 aliphatic rings. The van der Waals surface area contributed by atoms with E-state index in [0.29, 0.717) is 19.3 Å². The molecule has 0 unspecified atom stereocenters. The van der Waals surface area contributed by atoms with E-state index in [1.807, 2.05) is 0 Å². The van der Waals surface area contributed by atoms with Gasteiger partial charge in [-0.3, -0.25) is 0 Å². The largest absolute Gasteiger partial charge is 0.498 e. The number of unbranched alkanes of at least 4 members (excludes halogenated alkanes) is 18. The summed E-state index contributed by atoms with van der Waals surface area (Å²) < 4.78 is 12.2. The van der Waals surface area contributed by atoms with Crippen molar-refractivity contribution < 1.29 is 13.6 Å². The predicted molar refractivity (Wildman–Crippen MR) is 161 cm³/mol. The first kappa shape index (κ1) is 33.8. The number of aryl methyl sites for hydroxylation is 1. The molecular weight excluding hydrogens is 480 g/mol. The Hall–Kier alpha value is -0.203. The Bertz CT molecular complexity index is 526. The molecule has 0 bridgehead atoms. The highest BCUT2D eigenvalue weighted by Crippen LogP contribution is 2.20. The first-order chi connectivity index (χ1) is 17.7. The zero-order valence-electron chi connectivity index (χ0n) is 24.1. The fraction of sp³-hybridized carbons (Fsp3) is 0.871. The molecule has 1 aromatic heterocycles. The van der Waals surface area contributed by atoms with Crippen LogP contribution in [0.15, 0.2) is 17.5 Å². The van der Waals surface area contributed by atoms with Crippen molar-refractivity contribution in [2.75, 3.05) is 13.2 Å². The van der Waals surface area contributed by atoms with Gasteiger partial charge in [-0.25, -0.2) is 0 Å². The van der Waals surface area contributed by atoms with Gasteiger partial charge >= 0.3 is 8.80 Å². The van der Waals surface area contributed by atoms with Crippen molar-refractivity contribution in [3.05, 3.63) is 22.4 Å². The van der Waals surface area contributed by atoms with Gasteiger partial charge in [0.15, 0.2) is 0 Å². The fourth-order valence-electron chi connectivity index (χ4n) is 4.77. The second kappa shape index (κ2) is 25.1. The Labute approximate surface area is 230 Å². The molecule has 0 aliphatic heterocycles. The number of hydrogen-bond acceptors (Lipinski definition) is 4. The molecule has 1 rings (SSSR count). The van der Waals surface area contributed by atoms with Crippen LogP contribution in [0.25, 0.3) is 0 Å². The van der Waals surface area contributed by atoms with E-state index >= 15 is 0 Å². The van der Waals surface area contributed by atoms with Crippen LogP contribution in [0.1, 0.15) is 154 Å². The van der Waals surface area contributed by atoms with E-state index in [1.165, 1.54) is 120 Å². The first-order valence-corrected chi connectivity index (χ1v) is 18.6. The lowest BCUT2D eigenvalue weighted by Gasteiger charge is -2.24. The van der Waals surface area contributed by atoms with Crippen molar-refractivity contribution in [2.24, 2.45) is 0 Å². The van der Waals surface area contributed by atoms with Gasteiger partial charge in [0.2, 0.25) is 0 Å². The van der Waals surface area contributed by atoms with Gasteiger partial charge in [-0.1, -0.05) is 135 Å². The van der Waals surface area contributed by atoms with Crippen molar-refractivity contribution in [2.45, 2.75) is 161 Å². The molecule has 0 saturated carbocycles. The Morgan fingerprint density at radius 1 is 0.611 bits per heavy atom. The average Bonchev–Trinajstić information content (AvgIpc) is 3.39. The van der Waals surface area contributed by atoms with Crippen molar-refractivity contribution >= 4 is 20.1 Å². The second-order valence-corrected chi connectivity index (χ2v) is 14.2. The van der Waals surface area contributed by atoms with Gasteiger partial charge in [-0.05, 0) is 37.1 Å². The van der Waals surface area contributed by atoms with E-state index < -0.39 is 8.80 Å². The summed E-state index contributed by atoms with van der Waals surface area (Å²) >= 11 is 1.80. The Balaban J connectivity index is 2.16. The maximum absolute atomic E-state index is 11.2. The molecular formula is C31H60O3SSi. The number of thiophene rings is 1. The summed E-state index contributed by atoms with van der Waals surface area (Å²) in [6.45, 7) is 5.85.